The molecule has 0 fully saturated rings. The Labute approximate surface area is 98.8 Å². The first-order chi connectivity index (χ1) is 7.70. The number of carboxylic acid groups (broad SMARTS) is 1. The first-order valence-electron chi connectivity index (χ1n) is 4.97. The molecule has 0 aromatic heterocycles. The lowest BCUT2D eigenvalue weighted by molar-refractivity contribution is -0.138. The standard InChI is InChI=1S/C11H14N2O2S/c1-9(11(14)15)13-12-7-8-16-10-5-3-2-4-6-10/h2-6,9H,7-8H2,1H3,(H,14,15). The Balaban J connectivity index is 2.20. The molecule has 1 unspecified atom stereocenters. The zero-order valence-corrected chi connectivity index (χ0v) is 9.85. The number of rotatable bonds is 6. The van der Waals surface area contributed by atoms with Crippen molar-refractivity contribution in [3.63, 3.8) is 0 Å². The number of benzene rings is 1. The van der Waals surface area contributed by atoms with E-state index >= 15 is 0 Å². The highest BCUT2D eigenvalue weighted by molar-refractivity contribution is 7.99. The van der Waals surface area contributed by atoms with Crippen LogP contribution in [0.15, 0.2) is 45.5 Å². The van der Waals surface area contributed by atoms with Crippen LogP contribution in [-0.4, -0.2) is 29.4 Å². The molecule has 86 valence electrons. The predicted octanol–water partition coefficient (Wildman–Crippen LogP) is 2.70. The lowest BCUT2D eigenvalue weighted by atomic mass is 10.4. The first-order valence-corrected chi connectivity index (χ1v) is 5.96. The van der Waals surface area contributed by atoms with Gasteiger partial charge < -0.3 is 5.11 Å². The molecule has 0 bridgehead atoms. The van der Waals surface area contributed by atoms with Gasteiger partial charge in [0.15, 0.2) is 6.04 Å². The fourth-order valence-corrected chi connectivity index (χ4v) is 1.71. The summed E-state index contributed by atoms with van der Waals surface area (Å²) in [5, 5.41) is 16.1. The summed E-state index contributed by atoms with van der Waals surface area (Å²) in [5.74, 6) is -0.140. The normalized spacial score (nSPS) is 12.8. The molecule has 0 aliphatic heterocycles. The molecule has 5 heteroatoms. The van der Waals surface area contributed by atoms with Crippen LogP contribution < -0.4 is 0 Å². The van der Waals surface area contributed by atoms with Crippen LogP contribution in [0, 0.1) is 0 Å². The fraction of sp³-hybridized carbons (Fsp3) is 0.364. The van der Waals surface area contributed by atoms with Gasteiger partial charge in [0.1, 0.15) is 0 Å². The number of thioether (sulfide) groups is 1. The van der Waals surface area contributed by atoms with Gasteiger partial charge in [-0.1, -0.05) is 18.2 Å². The molecule has 0 aliphatic rings. The van der Waals surface area contributed by atoms with Gasteiger partial charge in [0.25, 0.3) is 0 Å². The number of carboxylic acids is 1. The Kier molecular flexibility index (Phi) is 5.56. The quantitative estimate of drug-likeness (QED) is 0.471. The number of azo groups is 1. The van der Waals surface area contributed by atoms with Crippen molar-refractivity contribution in [2.45, 2.75) is 17.9 Å². The molecular weight excluding hydrogens is 224 g/mol. The molecule has 0 heterocycles. The topological polar surface area (TPSA) is 62.0 Å². The zero-order chi connectivity index (χ0) is 11.8. The van der Waals surface area contributed by atoms with Crippen molar-refractivity contribution in [2.75, 3.05) is 12.3 Å². The van der Waals surface area contributed by atoms with Crippen LogP contribution in [-0.2, 0) is 4.79 Å². The molecule has 1 rings (SSSR count). The van der Waals surface area contributed by atoms with Crippen molar-refractivity contribution in [3.8, 4) is 0 Å². The van der Waals surface area contributed by atoms with Crippen LogP contribution in [0.5, 0.6) is 0 Å². The predicted molar refractivity (Wildman–Crippen MR) is 64.0 cm³/mol. The summed E-state index contributed by atoms with van der Waals surface area (Å²) in [6, 6.07) is 9.25. The molecule has 0 spiro atoms. The van der Waals surface area contributed by atoms with Gasteiger partial charge in [0.05, 0.1) is 6.54 Å². The minimum absolute atomic E-state index is 0.539. The van der Waals surface area contributed by atoms with Gasteiger partial charge in [0.2, 0.25) is 0 Å². The smallest absolute Gasteiger partial charge is 0.330 e. The Bertz CT molecular complexity index is 354. The molecule has 0 aliphatic carbocycles. The minimum atomic E-state index is -0.945. The van der Waals surface area contributed by atoms with E-state index in [1.807, 2.05) is 30.3 Å². The van der Waals surface area contributed by atoms with E-state index in [4.69, 9.17) is 5.11 Å². The molecule has 1 aromatic rings. The Morgan fingerprint density at radius 2 is 2.12 bits per heavy atom. The van der Waals surface area contributed by atoms with Gasteiger partial charge in [-0.25, -0.2) is 4.79 Å². The molecule has 0 radical (unpaired) electrons. The monoisotopic (exact) mass is 238 g/mol. The molecule has 16 heavy (non-hydrogen) atoms. The van der Waals surface area contributed by atoms with Gasteiger partial charge in [-0.3, -0.25) is 0 Å². The summed E-state index contributed by atoms with van der Waals surface area (Å²) in [4.78, 5) is 11.6. The van der Waals surface area contributed by atoms with E-state index in [1.54, 1.807) is 11.8 Å². The largest absolute Gasteiger partial charge is 0.480 e. The van der Waals surface area contributed by atoms with Crippen molar-refractivity contribution in [1.82, 2.24) is 0 Å². The SMILES string of the molecule is CC(N=NCCSc1ccccc1)C(=O)O. The second-order valence-electron chi connectivity index (χ2n) is 3.16. The number of aliphatic carboxylic acids is 1. The molecule has 1 N–H and O–H groups in total. The van der Waals surface area contributed by atoms with E-state index in [-0.39, 0.29) is 0 Å². The first kappa shape index (κ1) is 12.7. The third-order valence-electron chi connectivity index (χ3n) is 1.82. The highest BCUT2D eigenvalue weighted by Gasteiger charge is 2.07. The summed E-state index contributed by atoms with van der Waals surface area (Å²) < 4.78 is 0. The Morgan fingerprint density at radius 1 is 1.44 bits per heavy atom. The summed E-state index contributed by atoms with van der Waals surface area (Å²) in [6.45, 7) is 2.05. The number of carbonyl (C=O) groups is 1. The van der Waals surface area contributed by atoms with E-state index < -0.39 is 12.0 Å². The summed E-state index contributed by atoms with van der Waals surface area (Å²) in [6.07, 6.45) is 0. The van der Waals surface area contributed by atoms with Gasteiger partial charge in [-0.2, -0.15) is 10.2 Å². The average molecular weight is 238 g/mol. The number of hydrogen-bond donors (Lipinski definition) is 1. The van der Waals surface area contributed by atoms with Gasteiger partial charge >= 0.3 is 5.97 Å². The Hall–Kier alpha value is -1.36. The van der Waals surface area contributed by atoms with Crippen molar-refractivity contribution >= 4 is 17.7 Å². The maximum Gasteiger partial charge on any atom is 0.330 e. The van der Waals surface area contributed by atoms with Crippen LogP contribution in [0.1, 0.15) is 6.92 Å². The molecule has 1 atom stereocenters. The maximum atomic E-state index is 10.4. The third-order valence-corrected chi connectivity index (χ3v) is 2.81. The second kappa shape index (κ2) is 7.00. The van der Waals surface area contributed by atoms with Crippen molar-refractivity contribution in [3.05, 3.63) is 30.3 Å². The number of nitrogens with zero attached hydrogens (tertiary/aromatic N) is 2. The van der Waals surface area contributed by atoms with E-state index in [9.17, 15) is 4.79 Å². The summed E-state index contributed by atoms with van der Waals surface area (Å²) in [7, 11) is 0. The van der Waals surface area contributed by atoms with Crippen molar-refractivity contribution < 1.29 is 9.90 Å². The van der Waals surface area contributed by atoms with Crippen molar-refractivity contribution in [2.24, 2.45) is 10.2 Å². The lowest BCUT2D eigenvalue weighted by Gasteiger charge is -1.98. The zero-order valence-electron chi connectivity index (χ0n) is 9.04. The molecule has 0 saturated carbocycles. The van der Waals surface area contributed by atoms with E-state index in [0.717, 1.165) is 5.75 Å². The van der Waals surface area contributed by atoms with Crippen LogP contribution in [0.3, 0.4) is 0 Å². The number of hydrogen-bond acceptors (Lipinski definition) is 4. The molecule has 0 saturated heterocycles. The highest BCUT2D eigenvalue weighted by atomic mass is 32.2. The van der Waals surface area contributed by atoms with Crippen LogP contribution >= 0.6 is 11.8 Å². The van der Waals surface area contributed by atoms with Crippen molar-refractivity contribution in [1.29, 1.82) is 0 Å². The highest BCUT2D eigenvalue weighted by Crippen LogP contribution is 2.16. The molecule has 1 aromatic carbocycles. The second-order valence-corrected chi connectivity index (χ2v) is 4.32. The van der Waals surface area contributed by atoms with E-state index in [2.05, 4.69) is 10.2 Å². The van der Waals surface area contributed by atoms with Crippen LogP contribution in [0.2, 0.25) is 0 Å². The average Bonchev–Trinajstić information content (AvgIpc) is 2.29. The fourth-order valence-electron chi connectivity index (χ4n) is 0.951. The van der Waals surface area contributed by atoms with Gasteiger partial charge in [-0.05, 0) is 19.1 Å². The lowest BCUT2D eigenvalue weighted by Crippen LogP contribution is -2.12. The molecular formula is C11H14N2O2S. The third kappa shape index (κ3) is 4.93. The van der Waals surface area contributed by atoms with Gasteiger partial charge in [0, 0.05) is 10.6 Å². The Morgan fingerprint density at radius 3 is 2.75 bits per heavy atom. The van der Waals surface area contributed by atoms with Gasteiger partial charge in [-0.15, -0.1) is 11.8 Å². The molecule has 0 amide bonds. The molecule has 4 nitrogen and oxygen atoms in total. The summed E-state index contributed by atoms with van der Waals surface area (Å²) >= 11 is 1.68. The van der Waals surface area contributed by atoms with Crippen LogP contribution in [0.25, 0.3) is 0 Å². The van der Waals surface area contributed by atoms with E-state index in [0.29, 0.717) is 6.54 Å². The van der Waals surface area contributed by atoms with Crippen LogP contribution in [0.4, 0.5) is 0 Å². The summed E-state index contributed by atoms with van der Waals surface area (Å²) in [5.41, 5.74) is 0. The minimum Gasteiger partial charge on any atom is -0.480 e. The maximum absolute atomic E-state index is 10.4. The van der Waals surface area contributed by atoms with E-state index in [1.165, 1.54) is 11.8 Å².